The van der Waals surface area contributed by atoms with Gasteiger partial charge >= 0.3 is 0 Å². The molecule has 298 valence electrons. The highest BCUT2D eigenvalue weighted by atomic mass is 14.5. The number of hydrogen-bond donors (Lipinski definition) is 2. The average Bonchev–Trinajstić information content (AvgIpc) is 3.19. The van der Waals surface area contributed by atoms with E-state index in [1.54, 1.807) is 0 Å². The fourth-order valence-corrected chi connectivity index (χ4v) is 10.0. The van der Waals surface area contributed by atoms with E-state index in [0.717, 1.165) is 17.3 Å². The Bertz CT molecular complexity index is 1580. The van der Waals surface area contributed by atoms with Gasteiger partial charge in [-0.15, -0.1) is 0 Å². The Balaban J connectivity index is 1.43. The highest BCUT2D eigenvalue weighted by Gasteiger charge is 2.38. The molecular weight excluding hydrogens is 665 g/mol. The van der Waals surface area contributed by atoms with Crippen molar-refractivity contribution in [1.82, 2.24) is 0 Å². The van der Waals surface area contributed by atoms with Crippen molar-refractivity contribution >= 4 is 11.4 Å². The zero-order valence-corrected chi connectivity index (χ0v) is 35.6. The summed E-state index contributed by atoms with van der Waals surface area (Å²) in [4.78, 5) is 0. The van der Waals surface area contributed by atoms with Crippen LogP contribution < -0.4 is 11.5 Å². The van der Waals surface area contributed by atoms with Crippen molar-refractivity contribution in [2.75, 3.05) is 11.5 Å². The molecule has 0 spiro atoms. The molecule has 2 atom stereocenters. The number of benzene rings is 4. The molecule has 1 aliphatic rings. The zero-order valence-electron chi connectivity index (χ0n) is 35.6. The molecule has 0 saturated heterocycles. The Morgan fingerprint density at radius 3 is 1.33 bits per heavy atom. The van der Waals surface area contributed by atoms with Crippen molar-refractivity contribution in [3.63, 3.8) is 0 Å². The molecule has 0 bridgehead atoms. The molecule has 4 aromatic rings. The van der Waals surface area contributed by atoms with Gasteiger partial charge in [-0.25, -0.2) is 0 Å². The third-order valence-corrected chi connectivity index (χ3v) is 13.4. The van der Waals surface area contributed by atoms with Gasteiger partial charge in [0.2, 0.25) is 0 Å². The van der Waals surface area contributed by atoms with Crippen molar-refractivity contribution in [2.24, 2.45) is 5.92 Å². The van der Waals surface area contributed by atoms with Gasteiger partial charge in [-0.2, -0.15) is 0 Å². The summed E-state index contributed by atoms with van der Waals surface area (Å²) in [7, 11) is 0. The summed E-state index contributed by atoms with van der Waals surface area (Å²) in [5.74, 6) is 1.65. The van der Waals surface area contributed by atoms with E-state index in [1.165, 1.54) is 173 Å². The summed E-state index contributed by atoms with van der Waals surface area (Å²) < 4.78 is 0. The minimum atomic E-state index is 0.0529. The molecule has 0 heterocycles. The zero-order chi connectivity index (χ0) is 39.0. The molecule has 2 unspecified atom stereocenters. The number of nitrogen functional groups attached to an aromatic ring is 2. The fourth-order valence-electron chi connectivity index (χ4n) is 10.0. The molecule has 0 aliphatic heterocycles. The lowest BCUT2D eigenvalue weighted by molar-refractivity contribution is 0.250. The van der Waals surface area contributed by atoms with Gasteiger partial charge in [-0.1, -0.05) is 171 Å². The molecule has 0 aromatic heterocycles. The van der Waals surface area contributed by atoms with Gasteiger partial charge in [0.25, 0.3) is 0 Å². The normalized spacial score (nSPS) is 18.3. The third-order valence-electron chi connectivity index (χ3n) is 13.4. The molecule has 2 heteroatoms. The lowest BCUT2D eigenvalue weighted by atomic mass is 9.62. The summed E-state index contributed by atoms with van der Waals surface area (Å²) in [6.45, 7) is 11.4. The summed E-state index contributed by atoms with van der Waals surface area (Å²) in [6, 6.07) is 33.1. The quantitative estimate of drug-likeness (QED) is 0.0623. The van der Waals surface area contributed by atoms with Crippen molar-refractivity contribution in [3.8, 4) is 0 Å². The lowest BCUT2D eigenvalue weighted by Crippen LogP contribution is -2.33. The van der Waals surface area contributed by atoms with E-state index in [-0.39, 0.29) is 5.41 Å². The summed E-state index contributed by atoms with van der Waals surface area (Å²) in [6.07, 6.45) is 26.2. The van der Waals surface area contributed by atoms with Gasteiger partial charge in [0.05, 0.1) is 0 Å². The summed E-state index contributed by atoms with van der Waals surface area (Å²) in [5.41, 5.74) is 25.6. The predicted octanol–water partition coefficient (Wildman–Crippen LogP) is 15.5. The summed E-state index contributed by atoms with van der Waals surface area (Å²) >= 11 is 0. The minimum Gasteiger partial charge on any atom is -0.399 e. The van der Waals surface area contributed by atoms with E-state index in [0.29, 0.717) is 11.8 Å². The fraction of sp³-hybridized carbons (Fsp3) is 0.547. The van der Waals surface area contributed by atoms with Crippen molar-refractivity contribution in [1.29, 1.82) is 0 Å². The molecule has 4 aromatic carbocycles. The first kappa shape index (κ1) is 42.6. The molecule has 55 heavy (non-hydrogen) atoms. The van der Waals surface area contributed by atoms with E-state index in [9.17, 15) is 0 Å². The van der Waals surface area contributed by atoms with E-state index < -0.39 is 0 Å². The first-order valence-corrected chi connectivity index (χ1v) is 22.7. The van der Waals surface area contributed by atoms with E-state index in [4.69, 9.17) is 11.5 Å². The number of nitrogens with two attached hydrogens (primary N) is 2. The van der Waals surface area contributed by atoms with Crippen LogP contribution in [0.15, 0.2) is 84.9 Å². The number of aryl methyl sites for hydroxylation is 2. The maximum absolute atomic E-state index is 6.22. The molecule has 1 saturated carbocycles. The Labute approximate surface area is 337 Å². The Morgan fingerprint density at radius 1 is 0.509 bits per heavy atom. The van der Waals surface area contributed by atoms with Crippen LogP contribution in [0.4, 0.5) is 11.4 Å². The largest absolute Gasteiger partial charge is 0.399 e. The first-order chi connectivity index (χ1) is 26.8. The van der Waals surface area contributed by atoms with E-state index >= 15 is 0 Å². The third kappa shape index (κ3) is 11.5. The van der Waals surface area contributed by atoms with Crippen molar-refractivity contribution in [3.05, 3.63) is 129 Å². The number of hydrogen-bond acceptors (Lipinski definition) is 2. The average molecular weight is 741 g/mol. The Hall–Kier alpha value is -3.52. The van der Waals surface area contributed by atoms with Crippen LogP contribution in [0.5, 0.6) is 0 Å². The molecule has 1 aliphatic carbocycles. The predicted molar refractivity (Wildman–Crippen MR) is 241 cm³/mol. The van der Waals surface area contributed by atoms with Gasteiger partial charge in [-0.05, 0) is 127 Å². The molecular formula is C53H76N2. The summed E-state index contributed by atoms with van der Waals surface area (Å²) in [5, 5.41) is 0. The molecule has 0 amide bonds. The lowest BCUT2D eigenvalue weighted by Gasteiger charge is -2.42. The van der Waals surface area contributed by atoms with Crippen LogP contribution in [0.2, 0.25) is 0 Å². The highest BCUT2D eigenvalue weighted by molar-refractivity contribution is 5.51. The van der Waals surface area contributed by atoms with Gasteiger partial charge in [0.15, 0.2) is 0 Å². The number of anilines is 2. The SMILES string of the molecule is CCCCCCCCCC1CCC(c2ccc(C(CCCCC)c3ccc(N)cc3C)cc2)(c2ccc(C(CCCCC)c3ccc(N)cc3C)cc2)CC1. The molecule has 4 N–H and O–H groups in total. The van der Waals surface area contributed by atoms with E-state index in [1.807, 2.05) is 0 Å². The standard InChI is InChI=1S/C53H76N2/c1-6-9-12-13-14-15-18-19-42-34-36-53(37-35-42,45-26-22-43(23-27-45)51(20-16-10-7-2)49-32-30-47(54)38-40(49)4)46-28-24-44(25-29-46)52(21-17-11-8-3)50-33-31-48(55)39-41(50)5/h22-33,38-39,42,51-52H,6-21,34-37,54-55H2,1-5H3. The smallest absolute Gasteiger partial charge is 0.0316 e. The number of unbranched alkanes of at least 4 members (excludes halogenated alkanes) is 10. The monoisotopic (exact) mass is 741 g/mol. The van der Waals surface area contributed by atoms with Crippen molar-refractivity contribution < 1.29 is 0 Å². The van der Waals surface area contributed by atoms with Crippen LogP contribution in [-0.4, -0.2) is 0 Å². The second kappa shape index (κ2) is 21.7. The van der Waals surface area contributed by atoms with Crippen LogP contribution in [0.1, 0.15) is 206 Å². The van der Waals surface area contributed by atoms with Crippen LogP contribution in [-0.2, 0) is 5.41 Å². The molecule has 1 fully saturated rings. The van der Waals surface area contributed by atoms with Gasteiger partial charge in [0, 0.05) is 28.6 Å². The molecule has 0 radical (unpaired) electrons. The Kier molecular flexibility index (Phi) is 16.8. The molecule has 5 rings (SSSR count). The topological polar surface area (TPSA) is 52.0 Å². The van der Waals surface area contributed by atoms with E-state index in [2.05, 4.69) is 120 Å². The van der Waals surface area contributed by atoms with Crippen molar-refractivity contribution in [2.45, 2.75) is 180 Å². The van der Waals surface area contributed by atoms with Gasteiger partial charge in [0.1, 0.15) is 0 Å². The second-order valence-electron chi connectivity index (χ2n) is 17.5. The highest BCUT2D eigenvalue weighted by Crippen LogP contribution is 2.48. The van der Waals surface area contributed by atoms with Crippen LogP contribution in [0, 0.1) is 19.8 Å². The van der Waals surface area contributed by atoms with Gasteiger partial charge in [-0.3, -0.25) is 0 Å². The van der Waals surface area contributed by atoms with Crippen LogP contribution >= 0.6 is 0 Å². The maximum Gasteiger partial charge on any atom is 0.0316 e. The van der Waals surface area contributed by atoms with Gasteiger partial charge < -0.3 is 11.5 Å². The maximum atomic E-state index is 6.22. The van der Waals surface area contributed by atoms with Crippen LogP contribution in [0.3, 0.4) is 0 Å². The first-order valence-electron chi connectivity index (χ1n) is 22.7. The van der Waals surface area contributed by atoms with Crippen LogP contribution in [0.25, 0.3) is 0 Å². The minimum absolute atomic E-state index is 0.0529. The Morgan fingerprint density at radius 2 is 0.909 bits per heavy atom. The second-order valence-corrected chi connectivity index (χ2v) is 17.5. The number of rotatable bonds is 22. The molecule has 2 nitrogen and oxygen atoms in total.